The zero-order valence-electron chi connectivity index (χ0n) is 11.2. The molecule has 4 nitrogen and oxygen atoms in total. The van der Waals surface area contributed by atoms with Crippen molar-refractivity contribution in [3.8, 4) is 0 Å². The number of aryl methyl sites for hydroxylation is 2. The Bertz CT molecular complexity index is 599. The second-order valence-electron chi connectivity index (χ2n) is 4.50. The van der Waals surface area contributed by atoms with Crippen LogP contribution in [0.4, 0.5) is 14.6 Å². The molecule has 106 valence electrons. The first kappa shape index (κ1) is 14.3. The van der Waals surface area contributed by atoms with Crippen LogP contribution < -0.4 is 5.32 Å². The van der Waals surface area contributed by atoms with E-state index in [4.69, 9.17) is 0 Å². The van der Waals surface area contributed by atoms with E-state index in [1.54, 1.807) is 13.0 Å². The lowest BCUT2D eigenvalue weighted by Crippen LogP contribution is -2.15. The van der Waals surface area contributed by atoms with Crippen molar-refractivity contribution < 1.29 is 13.9 Å². The number of aliphatic hydroxyl groups excluding tert-OH is 1. The first-order valence-electron chi connectivity index (χ1n) is 6.15. The quantitative estimate of drug-likeness (QED) is 0.903. The first-order chi connectivity index (χ1) is 9.45. The zero-order valence-corrected chi connectivity index (χ0v) is 11.2. The maximum absolute atomic E-state index is 13.5. The number of aromatic nitrogens is 2. The fourth-order valence-corrected chi connectivity index (χ4v) is 1.89. The summed E-state index contributed by atoms with van der Waals surface area (Å²) >= 11 is 0. The van der Waals surface area contributed by atoms with Crippen LogP contribution in [-0.4, -0.2) is 21.6 Å². The third kappa shape index (κ3) is 3.48. The molecule has 0 amide bonds. The van der Waals surface area contributed by atoms with Crippen molar-refractivity contribution in [3.63, 3.8) is 0 Å². The van der Waals surface area contributed by atoms with Gasteiger partial charge in [0.25, 0.3) is 0 Å². The van der Waals surface area contributed by atoms with E-state index in [2.05, 4.69) is 15.3 Å². The van der Waals surface area contributed by atoms with E-state index >= 15 is 0 Å². The Morgan fingerprint density at radius 2 is 1.95 bits per heavy atom. The first-order valence-corrected chi connectivity index (χ1v) is 6.15. The van der Waals surface area contributed by atoms with Crippen molar-refractivity contribution in [2.24, 2.45) is 0 Å². The minimum absolute atomic E-state index is 0.0430. The van der Waals surface area contributed by atoms with Crippen LogP contribution in [-0.2, 0) is 0 Å². The Hall–Kier alpha value is -2.08. The summed E-state index contributed by atoms with van der Waals surface area (Å²) in [5.41, 5.74) is 0.837. The van der Waals surface area contributed by atoms with Crippen LogP contribution in [0.2, 0.25) is 0 Å². The number of anilines is 1. The predicted octanol–water partition coefficient (Wildman–Crippen LogP) is 2.52. The van der Waals surface area contributed by atoms with E-state index in [-0.39, 0.29) is 12.1 Å². The number of hydrogen-bond donors (Lipinski definition) is 2. The monoisotopic (exact) mass is 279 g/mol. The highest BCUT2D eigenvalue weighted by atomic mass is 19.1. The van der Waals surface area contributed by atoms with Gasteiger partial charge in [-0.1, -0.05) is 6.07 Å². The maximum Gasteiger partial charge on any atom is 0.131 e. The molecule has 1 atom stereocenters. The molecule has 0 aliphatic heterocycles. The van der Waals surface area contributed by atoms with E-state index in [1.807, 2.05) is 6.92 Å². The fraction of sp³-hybridized carbons (Fsp3) is 0.286. The molecule has 0 aliphatic carbocycles. The predicted molar refractivity (Wildman–Crippen MR) is 71.3 cm³/mol. The summed E-state index contributed by atoms with van der Waals surface area (Å²) in [5, 5.41) is 12.8. The summed E-state index contributed by atoms with van der Waals surface area (Å²) in [7, 11) is 0. The highest BCUT2D eigenvalue weighted by molar-refractivity contribution is 5.36. The van der Waals surface area contributed by atoms with Crippen molar-refractivity contribution in [2.45, 2.75) is 20.0 Å². The van der Waals surface area contributed by atoms with Crippen LogP contribution in [0.5, 0.6) is 0 Å². The molecular formula is C14H15F2N3O. The lowest BCUT2D eigenvalue weighted by atomic mass is 10.1. The number of hydrogen-bond acceptors (Lipinski definition) is 4. The van der Waals surface area contributed by atoms with Gasteiger partial charge in [-0.15, -0.1) is 0 Å². The van der Waals surface area contributed by atoms with Crippen LogP contribution >= 0.6 is 0 Å². The highest BCUT2D eigenvalue weighted by Crippen LogP contribution is 2.18. The molecule has 2 rings (SSSR count). The van der Waals surface area contributed by atoms with Gasteiger partial charge in [-0.05, 0) is 19.9 Å². The minimum Gasteiger partial charge on any atom is -0.386 e. The molecule has 1 heterocycles. The van der Waals surface area contributed by atoms with Gasteiger partial charge in [-0.2, -0.15) is 0 Å². The van der Waals surface area contributed by atoms with Crippen molar-refractivity contribution in [2.75, 3.05) is 11.9 Å². The SMILES string of the molecule is Cc1cc(NCC(O)c2ccc(F)cc2F)nc(C)n1. The van der Waals surface area contributed by atoms with Crippen LogP contribution in [0, 0.1) is 25.5 Å². The highest BCUT2D eigenvalue weighted by Gasteiger charge is 2.13. The molecule has 1 aromatic carbocycles. The number of nitrogens with zero attached hydrogens (tertiary/aromatic N) is 2. The molecule has 2 N–H and O–H groups in total. The Labute approximate surface area is 115 Å². The molecular weight excluding hydrogens is 264 g/mol. The minimum atomic E-state index is -1.09. The van der Waals surface area contributed by atoms with Gasteiger partial charge in [0, 0.05) is 29.9 Å². The second kappa shape index (κ2) is 5.92. The van der Waals surface area contributed by atoms with Gasteiger partial charge in [-0.25, -0.2) is 18.7 Å². The normalized spacial score (nSPS) is 12.2. The van der Waals surface area contributed by atoms with Crippen molar-refractivity contribution >= 4 is 5.82 Å². The molecule has 2 aromatic rings. The van der Waals surface area contributed by atoms with E-state index in [9.17, 15) is 13.9 Å². The number of benzene rings is 1. The molecule has 1 unspecified atom stereocenters. The van der Waals surface area contributed by atoms with Gasteiger partial charge in [0.1, 0.15) is 23.3 Å². The summed E-state index contributed by atoms with van der Waals surface area (Å²) in [6.07, 6.45) is -1.09. The van der Waals surface area contributed by atoms with Gasteiger partial charge in [0.15, 0.2) is 0 Å². The lowest BCUT2D eigenvalue weighted by molar-refractivity contribution is 0.186. The number of nitrogens with one attached hydrogen (secondary N) is 1. The van der Waals surface area contributed by atoms with Crippen LogP contribution in [0.1, 0.15) is 23.2 Å². The molecule has 20 heavy (non-hydrogen) atoms. The standard InChI is InChI=1S/C14H15F2N3O/c1-8-5-14(19-9(2)18-8)17-7-13(20)11-4-3-10(15)6-12(11)16/h3-6,13,20H,7H2,1-2H3,(H,17,18,19). The van der Waals surface area contributed by atoms with Gasteiger partial charge in [0.2, 0.25) is 0 Å². The smallest absolute Gasteiger partial charge is 0.131 e. The zero-order chi connectivity index (χ0) is 14.7. The Balaban J connectivity index is 2.06. The van der Waals surface area contributed by atoms with E-state index < -0.39 is 17.7 Å². The molecule has 6 heteroatoms. The molecule has 0 fully saturated rings. The summed E-state index contributed by atoms with van der Waals surface area (Å²) in [6, 6.07) is 4.81. The second-order valence-corrected chi connectivity index (χ2v) is 4.50. The number of rotatable bonds is 4. The van der Waals surface area contributed by atoms with Crippen LogP contribution in [0.25, 0.3) is 0 Å². The van der Waals surface area contributed by atoms with Crippen molar-refractivity contribution in [3.05, 3.63) is 53.0 Å². The summed E-state index contributed by atoms with van der Waals surface area (Å²) in [6.45, 7) is 3.66. The number of aliphatic hydroxyl groups is 1. The lowest BCUT2D eigenvalue weighted by Gasteiger charge is -2.14. The summed E-state index contributed by atoms with van der Waals surface area (Å²) < 4.78 is 26.3. The Kier molecular flexibility index (Phi) is 4.24. The largest absolute Gasteiger partial charge is 0.386 e. The van der Waals surface area contributed by atoms with E-state index in [0.717, 1.165) is 17.8 Å². The fourth-order valence-electron chi connectivity index (χ4n) is 1.89. The maximum atomic E-state index is 13.5. The molecule has 0 spiro atoms. The number of halogens is 2. The molecule has 0 radical (unpaired) electrons. The third-order valence-corrected chi connectivity index (χ3v) is 2.76. The van der Waals surface area contributed by atoms with Crippen LogP contribution in [0.3, 0.4) is 0 Å². The van der Waals surface area contributed by atoms with Crippen molar-refractivity contribution in [1.29, 1.82) is 0 Å². The van der Waals surface area contributed by atoms with Gasteiger partial charge >= 0.3 is 0 Å². The Morgan fingerprint density at radius 3 is 2.60 bits per heavy atom. The van der Waals surface area contributed by atoms with E-state index in [0.29, 0.717) is 11.6 Å². The topological polar surface area (TPSA) is 58.0 Å². The average molecular weight is 279 g/mol. The van der Waals surface area contributed by atoms with Crippen molar-refractivity contribution in [1.82, 2.24) is 9.97 Å². The molecule has 0 aliphatic rings. The summed E-state index contributed by atoms with van der Waals surface area (Å²) in [5.74, 6) is -0.283. The molecule has 0 bridgehead atoms. The van der Waals surface area contributed by atoms with Gasteiger partial charge < -0.3 is 10.4 Å². The third-order valence-electron chi connectivity index (χ3n) is 2.76. The van der Waals surface area contributed by atoms with Gasteiger partial charge in [-0.3, -0.25) is 0 Å². The average Bonchev–Trinajstić information content (AvgIpc) is 2.35. The van der Waals surface area contributed by atoms with E-state index in [1.165, 1.54) is 6.07 Å². The molecule has 0 saturated heterocycles. The Morgan fingerprint density at radius 1 is 1.20 bits per heavy atom. The molecule has 1 aromatic heterocycles. The van der Waals surface area contributed by atoms with Gasteiger partial charge in [0.05, 0.1) is 6.10 Å². The summed E-state index contributed by atoms with van der Waals surface area (Å²) in [4.78, 5) is 8.28. The molecule has 0 saturated carbocycles. The van der Waals surface area contributed by atoms with Crippen LogP contribution in [0.15, 0.2) is 24.3 Å².